The van der Waals surface area contributed by atoms with Crippen LogP contribution >= 0.6 is 0 Å². The number of Topliss-reactive ketones (excluding diaryl/α,β-unsaturated/α-hetero) is 1. The minimum absolute atomic E-state index is 0.00536. The molecule has 3 aliphatic heterocycles. The molecule has 0 aromatic rings. The largest absolute Gasteiger partial charge is 0.330 e. The lowest BCUT2D eigenvalue weighted by Gasteiger charge is -2.36. The molecule has 0 bridgehead atoms. The molecule has 4 nitrogen and oxygen atoms in total. The normalized spacial score (nSPS) is 28.8. The molecule has 1 unspecified atom stereocenters. The van der Waals surface area contributed by atoms with E-state index in [2.05, 4.69) is 10.2 Å². The second-order valence-electron chi connectivity index (χ2n) is 6.63. The summed E-state index contributed by atoms with van der Waals surface area (Å²) < 4.78 is 0. The molecule has 0 amide bonds. The zero-order valence-electron chi connectivity index (χ0n) is 13.5. The molecule has 3 saturated heterocycles. The third-order valence-electron chi connectivity index (χ3n) is 5.18. The Bertz CT molecular complexity index is 302. The zero-order chi connectivity index (χ0) is 15.0. The van der Waals surface area contributed by atoms with Crippen molar-refractivity contribution in [3.05, 3.63) is 0 Å². The summed E-state index contributed by atoms with van der Waals surface area (Å²) in [4.78, 5) is 14.4. The van der Waals surface area contributed by atoms with E-state index in [4.69, 9.17) is 5.73 Å². The first kappa shape index (κ1) is 16.9. The molecular weight excluding hydrogens is 262 g/mol. The lowest BCUT2D eigenvalue weighted by atomic mass is 9.79. The van der Waals surface area contributed by atoms with E-state index < -0.39 is 0 Å². The molecule has 2 radical (unpaired) electrons. The van der Waals surface area contributed by atoms with Crippen molar-refractivity contribution in [2.24, 2.45) is 5.73 Å². The Labute approximate surface area is 129 Å². The topological polar surface area (TPSA) is 63.1 Å². The van der Waals surface area contributed by atoms with E-state index in [-0.39, 0.29) is 5.54 Å². The molecule has 2 N–H and O–H groups in total. The predicted octanol–water partition coefficient (Wildman–Crippen LogP) is 1.93. The highest BCUT2D eigenvalue weighted by atomic mass is 16.1. The van der Waals surface area contributed by atoms with E-state index in [0.29, 0.717) is 12.3 Å². The SMILES string of the molecule is C1CCC[N]CC1.NCCCCC(=O)C12CCC[N+]1CC2. The number of nitrogens with zero attached hydrogens (tertiary/aromatic N) is 2. The Morgan fingerprint density at radius 3 is 2.33 bits per heavy atom. The molecule has 3 heterocycles. The van der Waals surface area contributed by atoms with Crippen molar-refractivity contribution < 1.29 is 4.79 Å². The van der Waals surface area contributed by atoms with Crippen LogP contribution in [0.25, 0.3) is 0 Å². The van der Waals surface area contributed by atoms with Gasteiger partial charge >= 0.3 is 0 Å². The summed E-state index contributed by atoms with van der Waals surface area (Å²) in [5.74, 6) is 0.481. The van der Waals surface area contributed by atoms with Gasteiger partial charge in [0.15, 0.2) is 5.78 Å². The highest BCUT2D eigenvalue weighted by Gasteiger charge is 2.62. The fraction of sp³-hybridized carbons (Fsp3) is 0.941. The zero-order valence-corrected chi connectivity index (χ0v) is 13.5. The first-order chi connectivity index (χ1) is 10.3. The number of ketones is 1. The van der Waals surface area contributed by atoms with E-state index in [0.717, 1.165) is 58.3 Å². The van der Waals surface area contributed by atoms with Crippen molar-refractivity contribution in [2.45, 2.75) is 69.7 Å². The van der Waals surface area contributed by atoms with Gasteiger partial charge in [0, 0.05) is 32.4 Å². The van der Waals surface area contributed by atoms with E-state index >= 15 is 0 Å². The van der Waals surface area contributed by atoms with Crippen LogP contribution in [0.3, 0.4) is 0 Å². The standard InChI is InChI=1S/C11H20N2O.C6H12N/c12-7-2-1-4-10(14)11-5-3-8-13(11)9-6-11;1-2-4-6-7-5-3-1/h1-9,12H2;1-6H2/q+1;. The number of unbranched alkanes of at least 4 members (excludes halogenated alkanes) is 1. The van der Waals surface area contributed by atoms with Crippen LogP contribution in [0.1, 0.15) is 64.2 Å². The molecule has 0 aromatic carbocycles. The Balaban J connectivity index is 0.000000194. The second kappa shape index (κ2) is 8.86. The van der Waals surface area contributed by atoms with Gasteiger partial charge in [-0.1, -0.05) is 12.8 Å². The summed E-state index contributed by atoms with van der Waals surface area (Å²) in [6.07, 6.45) is 11.6. The van der Waals surface area contributed by atoms with E-state index in [1.165, 1.54) is 32.1 Å². The number of fused-ring (bicyclic) bond motifs is 1. The van der Waals surface area contributed by atoms with E-state index in [1.54, 1.807) is 0 Å². The van der Waals surface area contributed by atoms with Crippen LogP contribution in [0.2, 0.25) is 0 Å². The van der Waals surface area contributed by atoms with Gasteiger partial charge in [0.2, 0.25) is 5.54 Å². The lowest BCUT2D eigenvalue weighted by Crippen LogP contribution is -2.64. The maximum Gasteiger partial charge on any atom is 0.206 e. The summed E-state index contributed by atoms with van der Waals surface area (Å²) >= 11 is 0. The molecule has 0 aliphatic carbocycles. The van der Waals surface area contributed by atoms with Crippen LogP contribution in [0.15, 0.2) is 0 Å². The van der Waals surface area contributed by atoms with Crippen molar-refractivity contribution in [1.29, 1.82) is 0 Å². The van der Waals surface area contributed by atoms with Gasteiger partial charge < -0.3 is 5.73 Å². The van der Waals surface area contributed by atoms with Crippen LogP contribution in [0, 0.1) is 0 Å². The Kier molecular flexibility index (Phi) is 7.14. The number of nitrogens with two attached hydrogens (primary N) is 1. The van der Waals surface area contributed by atoms with Gasteiger partial charge in [-0.3, -0.25) is 4.79 Å². The quantitative estimate of drug-likeness (QED) is 0.622. The summed E-state index contributed by atoms with van der Waals surface area (Å²) in [6, 6.07) is 0. The number of hydrogen-bond acceptors (Lipinski definition) is 3. The van der Waals surface area contributed by atoms with Crippen molar-refractivity contribution in [3.8, 4) is 0 Å². The average Bonchev–Trinajstić information content (AvgIpc) is 2.69. The molecule has 0 saturated carbocycles. The Hall–Kier alpha value is -0.450. The molecular formula is C17H32N3O+. The highest BCUT2D eigenvalue weighted by molar-refractivity contribution is 5.90. The number of rotatable bonds is 5. The number of hydrogen-bond donors (Lipinski definition) is 1. The molecule has 3 fully saturated rings. The summed E-state index contributed by atoms with van der Waals surface area (Å²) in [5.41, 5.74) is 5.42. The molecule has 120 valence electrons. The molecule has 21 heavy (non-hydrogen) atoms. The second-order valence-corrected chi connectivity index (χ2v) is 6.63. The van der Waals surface area contributed by atoms with Crippen molar-refractivity contribution >= 4 is 5.78 Å². The predicted molar refractivity (Wildman–Crippen MR) is 86.7 cm³/mol. The minimum Gasteiger partial charge on any atom is -0.330 e. The molecule has 0 aromatic heterocycles. The van der Waals surface area contributed by atoms with Gasteiger partial charge in [-0.2, -0.15) is 4.90 Å². The van der Waals surface area contributed by atoms with Crippen LogP contribution in [0.4, 0.5) is 0 Å². The van der Waals surface area contributed by atoms with Gasteiger partial charge in [0.05, 0.1) is 6.42 Å². The highest BCUT2D eigenvalue weighted by Crippen LogP contribution is 2.39. The molecule has 0 spiro atoms. The monoisotopic (exact) mass is 294 g/mol. The number of carbonyl (C=O) groups excluding carboxylic acids is 1. The Morgan fingerprint density at radius 1 is 1.00 bits per heavy atom. The minimum atomic E-state index is -0.00536. The fourth-order valence-corrected chi connectivity index (χ4v) is 3.74. The molecule has 1 atom stereocenters. The average molecular weight is 294 g/mol. The van der Waals surface area contributed by atoms with Crippen molar-refractivity contribution in [2.75, 3.05) is 32.7 Å². The van der Waals surface area contributed by atoms with Crippen molar-refractivity contribution in [3.63, 3.8) is 0 Å². The first-order valence-corrected chi connectivity index (χ1v) is 8.91. The lowest BCUT2D eigenvalue weighted by molar-refractivity contribution is -0.131. The number of carbonyl (C=O) groups is 1. The summed E-state index contributed by atoms with van der Waals surface area (Å²) in [7, 11) is 0. The fourth-order valence-electron chi connectivity index (χ4n) is 3.74. The van der Waals surface area contributed by atoms with Crippen LogP contribution < -0.4 is 16.0 Å². The van der Waals surface area contributed by atoms with E-state index in [1.807, 2.05) is 0 Å². The summed E-state index contributed by atoms with van der Waals surface area (Å²) in [6.45, 7) is 5.25. The van der Waals surface area contributed by atoms with Gasteiger partial charge in [0.1, 0.15) is 13.1 Å². The maximum atomic E-state index is 12.0. The molecule has 3 aliphatic rings. The summed E-state index contributed by atoms with van der Waals surface area (Å²) in [5, 5.41) is 4.27. The smallest absolute Gasteiger partial charge is 0.206 e. The van der Waals surface area contributed by atoms with Crippen molar-refractivity contribution in [1.82, 2.24) is 10.2 Å². The molecule has 3 rings (SSSR count). The Morgan fingerprint density at radius 2 is 1.76 bits per heavy atom. The maximum absolute atomic E-state index is 12.0. The molecule has 4 heteroatoms. The third-order valence-corrected chi connectivity index (χ3v) is 5.18. The van der Waals surface area contributed by atoms with Crippen LogP contribution in [0.5, 0.6) is 0 Å². The first-order valence-electron chi connectivity index (χ1n) is 8.91. The van der Waals surface area contributed by atoms with Gasteiger partial charge in [-0.15, -0.1) is 0 Å². The van der Waals surface area contributed by atoms with E-state index in [9.17, 15) is 4.79 Å². The third kappa shape index (κ3) is 4.51. The van der Waals surface area contributed by atoms with Gasteiger partial charge in [-0.25, -0.2) is 5.32 Å². The van der Waals surface area contributed by atoms with Gasteiger partial charge in [-0.05, 0) is 32.2 Å². The van der Waals surface area contributed by atoms with Crippen LogP contribution in [-0.4, -0.2) is 44.0 Å². The van der Waals surface area contributed by atoms with Gasteiger partial charge in [0.25, 0.3) is 0 Å². The van der Waals surface area contributed by atoms with Crippen LogP contribution in [-0.2, 0) is 4.79 Å².